The van der Waals surface area contributed by atoms with Crippen molar-refractivity contribution in [1.29, 1.82) is 0 Å². The second-order valence-corrected chi connectivity index (χ2v) is 10.2. The molecule has 10 heteroatoms. The molecule has 0 aliphatic carbocycles. The third-order valence-electron chi connectivity index (χ3n) is 4.37. The van der Waals surface area contributed by atoms with Crippen molar-refractivity contribution in [2.24, 2.45) is 7.05 Å². The van der Waals surface area contributed by atoms with Crippen LogP contribution in [0.15, 0.2) is 40.6 Å². The molecule has 0 bridgehead atoms. The van der Waals surface area contributed by atoms with Crippen molar-refractivity contribution in [1.82, 2.24) is 13.9 Å². The van der Waals surface area contributed by atoms with Gasteiger partial charge in [0.05, 0.1) is 16.8 Å². The number of nitrogens with zero attached hydrogens (tertiary/aromatic N) is 3. The standard InChI is InChI=1S/C16H21N3O5S2/c1-4-24-15-6-5-13(9-12(15)2)26(22,23)19-10-14(11-19)25(20,21)16-17-7-8-18(16)3/h5-9,14H,4,10-11H2,1-3H3. The molecule has 26 heavy (non-hydrogen) atoms. The van der Waals surface area contributed by atoms with Crippen molar-refractivity contribution < 1.29 is 21.6 Å². The predicted octanol–water partition coefficient (Wildman–Crippen LogP) is 0.974. The van der Waals surface area contributed by atoms with Gasteiger partial charge in [-0.25, -0.2) is 21.8 Å². The van der Waals surface area contributed by atoms with E-state index in [1.54, 1.807) is 32.3 Å². The van der Waals surface area contributed by atoms with Crippen molar-refractivity contribution >= 4 is 19.9 Å². The molecule has 0 atom stereocenters. The number of sulfonamides is 1. The summed E-state index contributed by atoms with van der Waals surface area (Å²) in [6, 6.07) is 4.64. The second-order valence-electron chi connectivity index (χ2n) is 6.17. The summed E-state index contributed by atoms with van der Waals surface area (Å²) < 4.78 is 58.6. The quantitative estimate of drug-likeness (QED) is 0.718. The molecule has 1 aliphatic rings. The molecule has 0 amide bonds. The van der Waals surface area contributed by atoms with E-state index >= 15 is 0 Å². The number of sulfone groups is 1. The lowest BCUT2D eigenvalue weighted by atomic mass is 10.2. The maximum absolute atomic E-state index is 12.7. The molecular formula is C16H21N3O5S2. The highest BCUT2D eigenvalue weighted by molar-refractivity contribution is 7.92. The molecule has 1 aliphatic heterocycles. The molecule has 142 valence electrons. The number of ether oxygens (including phenoxy) is 1. The van der Waals surface area contributed by atoms with Gasteiger partial charge in [-0.1, -0.05) is 0 Å². The molecule has 0 N–H and O–H groups in total. The maximum Gasteiger partial charge on any atom is 0.243 e. The van der Waals surface area contributed by atoms with E-state index in [1.165, 1.54) is 21.1 Å². The van der Waals surface area contributed by atoms with Crippen LogP contribution in [0.2, 0.25) is 0 Å². The van der Waals surface area contributed by atoms with Crippen LogP contribution in [0.1, 0.15) is 12.5 Å². The van der Waals surface area contributed by atoms with Crippen molar-refractivity contribution in [3.63, 3.8) is 0 Å². The van der Waals surface area contributed by atoms with Crippen molar-refractivity contribution in [2.75, 3.05) is 19.7 Å². The van der Waals surface area contributed by atoms with Crippen LogP contribution in [0.3, 0.4) is 0 Å². The minimum Gasteiger partial charge on any atom is -0.494 e. The number of aryl methyl sites for hydroxylation is 2. The summed E-state index contributed by atoms with van der Waals surface area (Å²) in [6.45, 7) is 3.96. The van der Waals surface area contributed by atoms with Gasteiger partial charge in [0.25, 0.3) is 0 Å². The molecular weight excluding hydrogens is 378 g/mol. The Hall–Kier alpha value is -1.91. The molecule has 1 saturated heterocycles. The smallest absolute Gasteiger partial charge is 0.243 e. The first-order valence-electron chi connectivity index (χ1n) is 8.12. The Morgan fingerprint density at radius 3 is 2.46 bits per heavy atom. The van der Waals surface area contributed by atoms with Crippen LogP contribution in [0, 0.1) is 6.92 Å². The Bertz CT molecular complexity index is 1020. The van der Waals surface area contributed by atoms with Gasteiger partial charge in [0.2, 0.25) is 25.0 Å². The van der Waals surface area contributed by atoms with E-state index in [0.29, 0.717) is 17.9 Å². The summed E-state index contributed by atoms with van der Waals surface area (Å²) >= 11 is 0. The molecule has 0 saturated carbocycles. The van der Waals surface area contributed by atoms with Crippen LogP contribution >= 0.6 is 0 Å². The summed E-state index contributed by atoms with van der Waals surface area (Å²) in [5, 5.41) is -0.835. The number of aromatic nitrogens is 2. The minimum absolute atomic E-state index is 0.0449. The highest BCUT2D eigenvalue weighted by Gasteiger charge is 2.45. The molecule has 1 aromatic carbocycles. The van der Waals surface area contributed by atoms with Gasteiger partial charge in [-0.3, -0.25) is 0 Å². The van der Waals surface area contributed by atoms with E-state index in [0.717, 1.165) is 0 Å². The molecule has 0 unspecified atom stereocenters. The largest absolute Gasteiger partial charge is 0.494 e. The first-order valence-corrected chi connectivity index (χ1v) is 11.1. The maximum atomic E-state index is 12.7. The number of hydrogen-bond acceptors (Lipinski definition) is 6. The molecule has 1 aromatic heterocycles. The normalized spacial score (nSPS) is 16.4. The van der Waals surface area contributed by atoms with Gasteiger partial charge in [-0.05, 0) is 37.6 Å². The van der Waals surface area contributed by atoms with Gasteiger partial charge in [0, 0.05) is 32.5 Å². The highest BCUT2D eigenvalue weighted by Crippen LogP contribution is 2.30. The van der Waals surface area contributed by atoms with Crippen molar-refractivity contribution in [2.45, 2.75) is 29.1 Å². The van der Waals surface area contributed by atoms with Crippen LogP contribution in [0.4, 0.5) is 0 Å². The van der Waals surface area contributed by atoms with Gasteiger partial charge >= 0.3 is 0 Å². The molecule has 2 heterocycles. The number of imidazole rings is 1. The summed E-state index contributed by atoms with van der Waals surface area (Å²) in [5.41, 5.74) is 0.714. The molecule has 8 nitrogen and oxygen atoms in total. The molecule has 0 spiro atoms. The molecule has 2 aromatic rings. The number of hydrogen-bond donors (Lipinski definition) is 0. The molecule has 0 radical (unpaired) electrons. The van der Waals surface area contributed by atoms with Crippen LogP contribution in [-0.4, -0.2) is 55.6 Å². The Labute approximate surface area is 153 Å². The summed E-state index contributed by atoms with van der Waals surface area (Å²) in [5.74, 6) is 0.630. The predicted molar refractivity (Wildman–Crippen MR) is 95.3 cm³/mol. The van der Waals surface area contributed by atoms with E-state index in [1.807, 2.05) is 6.92 Å². The topological polar surface area (TPSA) is 98.6 Å². The van der Waals surface area contributed by atoms with E-state index in [2.05, 4.69) is 4.98 Å². The van der Waals surface area contributed by atoms with E-state index in [-0.39, 0.29) is 23.1 Å². The van der Waals surface area contributed by atoms with Crippen molar-refractivity contribution in [3.05, 3.63) is 36.2 Å². The van der Waals surface area contributed by atoms with E-state index in [4.69, 9.17) is 4.74 Å². The van der Waals surface area contributed by atoms with Gasteiger partial charge < -0.3 is 9.30 Å². The zero-order chi connectivity index (χ0) is 19.1. The third-order valence-corrected chi connectivity index (χ3v) is 8.27. The number of rotatable bonds is 6. The lowest BCUT2D eigenvalue weighted by Gasteiger charge is -2.37. The highest BCUT2D eigenvalue weighted by atomic mass is 32.2. The SMILES string of the molecule is CCOc1ccc(S(=O)(=O)N2CC(S(=O)(=O)c3nccn3C)C2)cc1C. The van der Waals surface area contributed by atoms with Crippen molar-refractivity contribution in [3.8, 4) is 5.75 Å². The van der Waals surface area contributed by atoms with Gasteiger partial charge in [-0.2, -0.15) is 4.31 Å². The fourth-order valence-corrected chi connectivity index (χ4v) is 6.34. The first-order chi connectivity index (χ1) is 12.2. The average Bonchev–Trinajstić information content (AvgIpc) is 2.94. The first kappa shape index (κ1) is 18.9. The van der Waals surface area contributed by atoms with E-state index < -0.39 is 25.1 Å². The second kappa shape index (κ2) is 6.67. The number of benzene rings is 1. The Morgan fingerprint density at radius 2 is 1.92 bits per heavy atom. The zero-order valence-corrected chi connectivity index (χ0v) is 16.4. The Balaban J connectivity index is 1.78. The Kier molecular flexibility index (Phi) is 4.84. The minimum atomic E-state index is -3.74. The van der Waals surface area contributed by atoms with Crippen LogP contribution in [0.25, 0.3) is 0 Å². The van der Waals surface area contributed by atoms with Gasteiger partial charge in [-0.15, -0.1) is 0 Å². The Morgan fingerprint density at radius 1 is 1.23 bits per heavy atom. The monoisotopic (exact) mass is 399 g/mol. The fourth-order valence-electron chi connectivity index (χ4n) is 2.82. The lowest BCUT2D eigenvalue weighted by molar-refractivity contribution is 0.308. The van der Waals surface area contributed by atoms with E-state index in [9.17, 15) is 16.8 Å². The third kappa shape index (κ3) is 3.12. The summed E-state index contributed by atoms with van der Waals surface area (Å²) in [7, 11) is -5.81. The lowest BCUT2D eigenvalue weighted by Crippen LogP contribution is -2.56. The summed E-state index contributed by atoms with van der Waals surface area (Å²) in [6.07, 6.45) is 2.95. The van der Waals surface area contributed by atoms with Gasteiger partial charge in [0.1, 0.15) is 5.75 Å². The fraction of sp³-hybridized carbons (Fsp3) is 0.438. The molecule has 3 rings (SSSR count). The van der Waals surface area contributed by atoms with Gasteiger partial charge in [0.15, 0.2) is 0 Å². The summed E-state index contributed by atoms with van der Waals surface area (Å²) in [4.78, 5) is 4.00. The van der Waals surface area contributed by atoms with Crippen LogP contribution in [-0.2, 0) is 26.9 Å². The van der Waals surface area contributed by atoms with Crippen LogP contribution < -0.4 is 4.74 Å². The van der Waals surface area contributed by atoms with Crippen LogP contribution in [0.5, 0.6) is 5.75 Å². The average molecular weight is 399 g/mol. The molecule has 1 fully saturated rings. The zero-order valence-electron chi connectivity index (χ0n) is 14.8.